The summed E-state index contributed by atoms with van der Waals surface area (Å²) in [5.41, 5.74) is 0. The Labute approximate surface area is 127 Å². The molecule has 3 unspecified atom stereocenters. The monoisotopic (exact) mass is 312 g/mol. The first-order valence-corrected chi connectivity index (χ1v) is 7.70. The molecule has 2 N–H and O–H groups in total. The summed E-state index contributed by atoms with van der Waals surface area (Å²) < 4.78 is 5.22. The van der Waals surface area contributed by atoms with E-state index in [1.807, 2.05) is 24.4 Å². The first-order valence-electron chi connectivity index (χ1n) is 6.82. The Balaban J connectivity index is 1.86. The van der Waals surface area contributed by atoms with E-state index < -0.39 is 11.9 Å². The molecule has 116 valence electrons. The molecule has 2 heterocycles. The third-order valence-electron chi connectivity index (χ3n) is 3.67. The second kappa shape index (κ2) is 7.02. The van der Waals surface area contributed by atoms with E-state index in [0.717, 1.165) is 4.88 Å². The van der Waals surface area contributed by atoms with Crippen LogP contribution < -0.4 is 5.32 Å². The van der Waals surface area contributed by atoms with Crippen molar-refractivity contribution in [1.29, 1.82) is 0 Å². The smallest absolute Gasteiger partial charge is 0.310 e. The van der Waals surface area contributed by atoms with Gasteiger partial charge in [-0.05, 0) is 25.4 Å². The summed E-state index contributed by atoms with van der Waals surface area (Å²) in [6.07, 6.45) is 0. The zero-order chi connectivity index (χ0) is 15.4. The maximum atomic E-state index is 12.1. The summed E-state index contributed by atoms with van der Waals surface area (Å²) in [5, 5.41) is 14.0. The molecule has 0 saturated carbocycles. The van der Waals surface area contributed by atoms with Gasteiger partial charge in [-0.15, -0.1) is 11.3 Å². The third-order valence-corrected chi connectivity index (χ3v) is 4.73. The van der Waals surface area contributed by atoms with Crippen molar-refractivity contribution in [2.24, 2.45) is 5.92 Å². The van der Waals surface area contributed by atoms with E-state index >= 15 is 0 Å². The Morgan fingerprint density at radius 3 is 2.95 bits per heavy atom. The number of hydrogen-bond donors (Lipinski definition) is 2. The number of aliphatic carboxylic acids is 1. The van der Waals surface area contributed by atoms with Crippen LogP contribution in [0.2, 0.25) is 0 Å². The molecule has 1 aliphatic rings. The molecule has 0 spiro atoms. The molecule has 0 aliphatic carbocycles. The van der Waals surface area contributed by atoms with Crippen molar-refractivity contribution in [3.63, 3.8) is 0 Å². The minimum atomic E-state index is -0.878. The van der Waals surface area contributed by atoms with Crippen molar-refractivity contribution in [2.75, 3.05) is 26.8 Å². The third kappa shape index (κ3) is 4.03. The minimum Gasteiger partial charge on any atom is -0.481 e. The van der Waals surface area contributed by atoms with Crippen LogP contribution in [0.1, 0.15) is 17.8 Å². The molecule has 1 aliphatic heterocycles. The fourth-order valence-electron chi connectivity index (χ4n) is 2.45. The number of likely N-dealkylation sites (N-methyl/N-ethyl adjacent to an activating group) is 1. The van der Waals surface area contributed by atoms with Crippen LogP contribution in [-0.2, 0) is 14.3 Å². The normalized spacial score (nSPS) is 23.2. The summed E-state index contributed by atoms with van der Waals surface area (Å²) in [7, 11) is 1.75. The van der Waals surface area contributed by atoms with Gasteiger partial charge in [-0.2, -0.15) is 0 Å². The fourth-order valence-corrected chi connectivity index (χ4v) is 3.19. The van der Waals surface area contributed by atoms with Gasteiger partial charge in [0.25, 0.3) is 0 Å². The Morgan fingerprint density at radius 2 is 2.33 bits per heavy atom. The number of amides is 1. The lowest BCUT2D eigenvalue weighted by Gasteiger charge is -2.26. The number of ether oxygens (including phenoxy) is 1. The Kier molecular flexibility index (Phi) is 5.33. The molecule has 0 radical (unpaired) electrons. The minimum absolute atomic E-state index is 0.0407. The molecule has 1 amide bonds. The molecular formula is C14H20N2O4S. The molecule has 1 fully saturated rings. The van der Waals surface area contributed by atoms with E-state index in [2.05, 4.69) is 5.32 Å². The number of rotatable bonds is 6. The molecule has 1 aromatic heterocycles. The first kappa shape index (κ1) is 15.9. The van der Waals surface area contributed by atoms with Gasteiger partial charge in [-0.25, -0.2) is 0 Å². The van der Waals surface area contributed by atoms with E-state index in [0.29, 0.717) is 6.61 Å². The van der Waals surface area contributed by atoms with Crippen molar-refractivity contribution >= 4 is 23.2 Å². The number of carbonyl (C=O) groups excluding carboxylic acids is 1. The molecule has 7 heteroatoms. The van der Waals surface area contributed by atoms with Crippen LogP contribution >= 0.6 is 11.3 Å². The van der Waals surface area contributed by atoms with Crippen molar-refractivity contribution < 1.29 is 19.4 Å². The van der Waals surface area contributed by atoms with Crippen LogP contribution in [0.25, 0.3) is 0 Å². The highest BCUT2D eigenvalue weighted by molar-refractivity contribution is 7.10. The van der Waals surface area contributed by atoms with Crippen LogP contribution in [0.5, 0.6) is 0 Å². The van der Waals surface area contributed by atoms with Gasteiger partial charge in [0.05, 0.1) is 31.7 Å². The first-order chi connectivity index (χ1) is 9.99. The molecule has 6 nitrogen and oxygen atoms in total. The largest absolute Gasteiger partial charge is 0.481 e. The molecule has 3 atom stereocenters. The van der Waals surface area contributed by atoms with E-state index in [1.165, 1.54) is 0 Å². The number of nitrogens with zero attached hydrogens (tertiary/aromatic N) is 1. The lowest BCUT2D eigenvalue weighted by atomic mass is 10.0. The van der Waals surface area contributed by atoms with Crippen molar-refractivity contribution in [3.05, 3.63) is 22.4 Å². The van der Waals surface area contributed by atoms with Gasteiger partial charge in [0.1, 0.15) is 0 Å². The van der Waals surface area contributed by atoms with Gasteiger partial charge < -0.3 is 15.2 Å². The Morgan fingerprint density at radius 1 is 1.57 bits per heavy atom. The molecule has 2 rings (SSSR count). The Hall–Kier alpha value is -1.44. The van der Waals surface area contributed by atoms with Gasteiger partial charge in [-0.1, -0.05) is 6.07 Å². The second-order valence-corrected chi connectivity index (χ2v) is 6.25. The lowest BCUT2D eigenvalue weighted by Crippen LogP contribution is -2.45. The van der Waals surface area contributed by atoms with E-state index in [9.17, 15) is 9.59 Å². The number of carbonyl (C=O) groups is 2. The predicted octanol–water partition coefficient (Wildman–Crippen LogP) is 0.957. The van der Waals surface area contributed by atoms with Crippen LogP contribution in [0.15, 0.2) is 17.5 Å². The number of hydrogen-bond acceptors (Lipinski definition) is 5. The van der Waals surface area contributed by atoms with Crippen molar-refractivity contribution in [1.82, 2.24) is 10.2 Å². The highest BCUT2D eigenvalue weighted by Crippen LogP contribution is 2.20. The van der Waals surface area contributed by atoms with Gasteiger partial charge in [0, 0.05) is 10.9 Å². The summed E-state index contributed by atoms with van der Waals surface area (Å²) in [4.78, 5) is 26.0. The summed E-state index contributed by atoms with van der Waals surface area (Å²) in [5.74, 6) is -1.57. The van der Waals surface area contributed by atoms with Crippen LogP contribution in [-0.4, -0.2) is 54.7 Å². The van der Waals surface area contributed by atoms with Crippen LogP contribution in [0, 0.1) is 5.92 Å². The fraction of sp³-hybridized carbons (Fsp3) is 0.571. The highest BCUT2D eigenvalue weighted by Gasteiger charge is 2.37. The summed E-state index contributed by atoms with van der Waals surface area (Å²) in [6.45, 7) is 2.65. The van der Waals surface area contributed by atoms with Gasteiger partial charge in [-0.3, -0.25) is 14.5 Å². The van der Waals surface area contributed by atoms with Crippen LogP contribution in [0.3, 0.4) is 0 Å². The zero-order valence-electron chi connectivity index (χ0n) is 12.1. The van der Waals surface area contributed by atoms with E-state index in [-0.39, 0.29) is 31.1 Å². The summed E-state index contributed by atoms with van der Waals surface area (Å²) >= 11 is 1.60. The average Bonchev–Trinajstić information content (AvgIpc) is 3.10. The summed E-state index contributed by atoms with van der Waals surface area (Å²) in [6, 6.07) is 3.62. The predicted molar refractivity (Wildman–Crippen MR) is 79.2 cm³/mol. The second-order valence-electron chi connectivity index (χ2n) is 5.27. The van der Waals surface area contributed by atoms with Crippen LogP contribution in [0.4, 0.5) is 0 Å². The molecule has 1 aromatic rings. The van der Waals surface area contributed by atoms with Crippen molar-refractivity contribution in [3.8, 4) is 0 Å². The van der Waals surface area contributed by atoms with Gasteiger partial charge >= 0.3 is 5.97 Å². The SMILES string of the molecule is CC(NC(=O)CN(C)C1COCC1C(=O)O)c1cccs1. The van der Waals surface area contributed by atoms with E-state index in [1.54, 1.807) is 23.3 Å². The molecule has 0 aromatic carbocycles. The number of nitrogens with one attached hydrogen (secondary N) is 1. The molecule has 0 bridgehead atoms. The topological polar surface area (TPSA) is 78.9 Å². The molecule has 21 heavy (non-hydrogen) atoms. The maximum absolute atomic E-state index is 12.1. The highest BCUT2D eigenvalue weighted by atomic mass is 32.1. The van der Waals surface area contributed by atoms with Gasteiger partial charge in [0.2, 0.25) is 5.91 Å². The number of carboxylic acids is 1. The Bertz CT molecular complexity index is 491. The van der Waals surface area contributed by atoms with Gasteiger partial charge in [0.15, 0.2) is 0 Å². The number of carboxylic acid groups (broad SMARTS) is 1. The molecular weight excluding hydrogens is 292 g/mol. The van der Waals surface area contributed by atoms with E-state index in [4.69, 9.17) is 9.84 Å². The average molecular weight is 312 g/mol. The number of thiophene rings is 1. The molecule has 1 saturated heterocycles. The van der Waals surface area contributed by atoms with Crippen molar-refractivity contribution in [2.45, 2.75) is 19.0 Å². The standard InChI is InChI=1S/C14H20N2O4S/c1-9(12-4-3-5-21-12)15-13(17)6-16(2)11-8-20-7-10(11)14(18)19/h3-5,9-11H,6-8H2,1-2H3,(H,15,17)(H,18,19). The lowest BCUT2D eigenvalue weighted by molar-refractivity contribution is -0.143. The quantitative estimate of drug-likeness (QED) is 0.818. The zero-order valence-corrected chi connectivity index (χ0v) is 12.9. The maximum Gasteiger partial charge on any atom is 0.310 e.